The molecule has 1 aromatic rings. The summed E-state index contributed by atoms with van der Waals surface area (Å²) in [6.45, 7) is 8.25. The largest absolute Gasteiger partial charge is 0.340 e. The summed E-state index contributed by atoms with van der Waals surface area (Å²) >= 11 is 1.58. The molecule has 116 valence electrons. The molecule has 1 aliphatic rings. The molecule has 6 heteroatoms. The van der Waals surface area contributed by atoms with Gasteiger partial charge in [0.15, 0.2) is 0 Å². The number of nitrogens with zero attached hydrogens (tertiary/aromatic N) is 2. The van der Waals surface area contributed by atoms with Gasteiger partial charge in [0.05, 0.1) is 5.01 Å². The van der Waals surface area contributed by atoms with E-state index in [0.29, 0.717) is 19.4 Å². The second-order valence-electron chi connectivity index (χ2n) is 5.68. The summed E-state index contributed by atoms with van der Waals surface area (Å²) in [6, 6.07) is -0.425. The van der Waals surface area contributed by atoms with Crippen molar-refractivity contribution >= 4 is 23.2 Å². The predicted octanol–water partition coefficient (Wildman–Crippen LogP) is 2.15. The van der Waals surface area contributed by atoms with Crippen LogP contribution in [-0.4, -0.2) is 39.8 Å². The van der Waals surface area contributed by atoms with Crippen molar-refractivity contribution in [2.75, 3.05) is 6.54 Å². The zero-order valence-corrected chi connectivity index (χ0v) is 13.9. The summed E-state index contributed by atoms with van der Waals surface area (Å²) in [6.07, 6.45) is 3.00. The molecule has 0 radical (unpaired) electrons. The zero-order chi connectivity index (χ0) is 15.6. The molecule has 1 aliphatic heterocycles. The first-order chi connectivity index (χ1) is 9.95. The van der Waals surface area contributed by atoms with Gasteiger partial charge in [0.1, 0.15) is 11.6 Å². The van der Waals surface area contributed by atoms with E-state index in [0.717, 1.165) is 5.01 Å². The van der Waals surface area contributed by atoms with E-state index in [1.165, 1.54) is 0 Å². The molecule has 0 aliphatic carbocycles. The van der Waals surface area contributed by atoms with Gasteiger partial charge in [0.25, 0.3) is 0 Å². The van der Waals surface area contributed by atoms with E-state index in [9.17, 15) is 9.59 Å². The van der Waals surface area contributed by atoms with Crippen molar-refractivity contribution in [1.29, 1.82) is 0 Å². The fourth-order valence-corrected chi connectivity index (χ4v) is 3.50. The monoisotopic (exact) mass is 309 g/mol. The maximum Gasteiger partial charge on any atom is 0.248 e. The van der Waals surface area contributed by atoms with Gasteiger partial charge in [-0.2, -0.15) is 0 Å². The summed E-state index contributed by atoms with van der Waals surface area (Å²) in [7, 11) is 0. The highest BCUT2D eigenvalue weighted by Crippen LogP contribution is 2.28. The van der Waals surface area contributed by atoms with Gasteiger partial charge in [0, 0.05) is 24.0 Å². The van der Waals surface area contributed by atoms with Crippen LogP contribution in [0.1, 0.15) is 51.5 Å². The Bertz CT molecular complexity index is 511. The second kappa shape index (κ2) is 6.13. The van der Waals surface area contributed by atoms with E-state index in [1.54, 1.807) is 29.4 Å². The number of rotatable bonds is 5. The molecule has 2 unspecified atom stereocenters. The first kappa shape index (κ1) is 15.9. The summed E-state index contributed by atoms with van der Waals surface area (Å²) < 4.78 is 0. The van der Waals surface area contributed by atoms with Gasteiger partial charge in [-0.25, -0.2) is 4.98 Å². The lowest BCUT2D eigenvalue weighted by Crippen LogP contribution is -2.69. The molecule has 5 nitrogen and oxygen atoms in total. The summed E-state index contributed by atoms with van der Waals surface area (Å²) in [5, 5.41) is 5.86. The third-order valence-corrected chi connectivity index (χ3v) is 5.44. The number of hydrogen-bond donors (Lipinski definition) is 1. The highest BCUT2D eigenvalue weighted by Gasteiger charge is 2.47. The molecule has 0 spiro atoms. The van der Waals surface area contributed by atoms with Crippen molar-refractivity contribution in [1.82, 2.24) is 15.2 Å². The maximum atomic E-state index is 12.9. The smallest absolute Gasteiger partial charge is 0.248 e. The lowest BCUT2D eigenvalue weighted by molar-refractivity contribution is -0.155. The Hall–Kier alpha value is -1.43. The van der Waals surface area contributed by atoms with Crippen molar-refractivity contribution in [3.05, 3.63) is 16.6 Å². The van der Waals surface area contributed by atoms with Crippen LogP contribution in [0.5, 0.6) is 0 Å². The Balaban J connectivity index is 2.23. The van der Waals surface area contributed by atoms with Crippen LogP contribution in [0.2, 0.25) is 0 Å². The van der Waals surface area contributed by atoms with Crippen LogP contribution in [0, 0.1) is 0 Å². The van der Waals surface area contributed by atoms with Crippen LogP contribution in [0.15, 0.2) is 11.6 Å². The average Bonchev–Trinajstić information content (AvgIpc) is 3.02. The number of carbonyl (C=O) groups excluding carboxylic acids is 2. The van der Waals surface area contributed by atoms with Gasteiger partial charge < -0.3 is 10.2 Å². The van der Waals surface area contributed by atoms with E-state index in [4.69, 9.17) is 0 Å². The Morgan fingerprint density at radius 2 is 2.10 bits per heavy atom. The van der Waals surface area contributed by atoms with Crippen molar-refractivity contribution < 1.29 is 9.59 Å². The quantitative estimate of drug-likeness (QED) is 0.906. The maximum absolute atomic E-state index is 12.9. The van der Waals surface area contributed by atoms with Crippen LogP contribution in [0.4, 0.5) is 0 Å². The molecule has 2 atom stereocenters. The molecule has 1 aromatic heterocycles. The topological polar surface area (TPSA) is 62.3 Å². The third-order valence-electron chi connectivity index (χ3n) is 4.43. The standard InChI is InChI=1S/C15H23N3O2S/c1-5-15(6-2)14(20)18(11(4)12(19)17-15)9-10(3)13-16-7-8-21-13/h7-8,10-11H,5-6,9H2,1-4H3,(H,17,19). The number of piperazine rings is 1. The summed E-state index contributed by atoms with van der Waals surface area (Å²) in [4.78, 5) is 31.1. The number of amides is 2. The SMILES string of the molecule is CCC1(CC)NC(=O)C(C)N(CC(C)c2nccs2)C1=O. The van der Waals surface area contributed by atoms with E-state index in [2.05, 4.69) is 10.3 Å². The lowest BCUT2D eigenvalue weighted by Gasteiger charge is -2.45. The number of hydrogen-bond acceptors (Lipinski definition) is 4. The third kappa shape index (κ3) is 2.81. The fourth-order valence-electron chi connectivity index (χ4n) is 2.81. The Kier molecular flexibility index (Phi) is 4.66. The highest BCUT2D eigenvalue weighted by atomic mass is 32.1. The van der Waals surface area contributed by atoms with Crippen LogP contribution < -0.4 is 5.32 Å². The fraction of sp³-hybridized carbons (Fsp3) is 0.667. The van der Waals surface area contributed by atoms with Gasteiger partial charge >= 0.3 is 0 Å². The first-order valence-corrected chi connectivity index (χ1v) is 8.35. The molecule has 21 heavy (non-hydrogen) atoms. The lowest BCUT2D eigenvalue weighted by atomic mass is 9.87. The van der Waals surface area contributed by atoms with Gasteiger partial charge in [-0.1, -0.05) is 20.8 Å². The van der Waals surface area contributed by atoms with E-state index < -0.39 is 11.6 Å². The van der Waals surface area contributed by atoms with Crippen molar-refractivity contribution in [2.45, 2.75) is 58.0 Å². The molecule has 0 bridgehead atoms. The molecule has 2 amide bonds. The zero-order valence-electron chi connectivity index (χ0n) is 13.0. The molecule has 0 saturated carbocycles. The minimum absolute atomic E-state index is 0.0306. The van der Waals surface area contributed by atoms with Gasteiger partial charge in [-0.15, -0.1) is 11.3 Å². The van der Waals surface area contributed by atoms with Crippen LogP contribution in [0.3, 0.4) is 0 Å². The number of nitrogens with one attached hydrogen (secondary N) is 1. The van der Waals surface area contributed by atoms with E-state index in [-0.39, 0.29) is 17.7 Å². The number of aromatic nitrogens is 1. The molecule has 2 heterocycles. The normalized spacial score (nSPS) is 23.0. The highest BCUT2D eigenvalue weighted by molar-refractivity contribution is 7.09. The minimum Gasteiger partial charge on any atom is -0.340 e. The summed E-state index contributed by atoms with van der Waals surface area (Å²) in [5.41, 5.74) is -0.744. The first-order valence-electron chi connectivity index (χ1n) is 7.47. The second-order valence-corrected chi connectivity index (χ2v) is 6.61. The average molecular weight is 309 g/mol. The number of carbonyl (C=O) groups is 2. The van der Waals surface area contributed by atoms with Crippen LogP contribution in [-0.2, 0) is 9.59 Å². The van der Waals surface area contributed by atoms with Gasteiger partial charge in [-0.05, 0) is 19.8 Å². The van der Waals surface area contributed by atoms with Crippen LogP contribution >= 0.6 is 11.3 Å². The Morgan fingerprint density at radius 3 is 2.62 bits per heavy atom. The van der Waals surface area contributed by atoms with E-state index >= 15 is 0 Å². The predicted molar refractivity (Wildman–Crippen MR) is 83.2 cm³/mol. The van der Waals surface area contributed by atoms with Gasteiger partial charge in [0.2, 0.25) is 11.8 Å². The summed E-state index contributed by atoms with van der Waals surface area (Å²) in [5.74, 6) is 0.0985. The Morgan fingerprint density at radius 1 is 1.43 bits per heavy atom. The molecule has 2 rings (SSSR count). The van der Waals surface area contributed by atoms with Gasteiger partial charge in [-0.3, -0.25) is 9.59 Å². The number of thiazole rings is 1. The van der Waals surface area contributed by atoms with Crippen LogP contribution in [0.25, 0.3) is 0 Å². The molecular formula is C15H23N3O2S. The minimum atomic E-state index is -0.744. The van der Waals surface area contributed by atoms with Crippen molar-refractivity contribution in [3.8, 4) is 0 Å². The molecule has 0 aromatic carbocycles. The Labute approximate surface area is 129 Å². The molecular weight excluding hydrogens is 286 g/mol. The molecule has 1 saturated heterocycles. The van der Waals surface area contributed by atoms with Crippen molar-refractivity contribution in [3.63, 3.8) is 0 Å². The molecule has 1 N–H and O–H groups in total. The van der Waals surface area contributed by atoms with E-state index in [1.807, 2.05) is 26.2 Å². The molecule has 1 fully saturated rings. The van der Waals surface area contributed by atoms with Crippen molar-refractivity contribution in [2.24, 2.45) is 0 Å².